The number of hydrogen-bond acceptors (Lipinski definition) is 4. The van der Waals surface area contributed by atoms with Crippen LogP contribution in [0.25, 0.3) is 0 Å². The molecule has 0 heterocycles. The average Bonchev–Trinajstić information content (AvgIpc) is 2.27. The Bertz CT molecular complexity index is 216. The molecule has 0 spiro atoms. The van der Waals surface area contributed by atoms with Crippen LogP contribution in [0.15, 0.2) is 0 Å². The maximum atomic E-state index is 11.7. The van der Waals surface area contributed by atoms with Crippen LogP contribution in [0.1, 0.15) is 46.0 Å². The molecule has 0 aliphatic heterocycles. The van der Waals surface area contributed by atoms with Gasteiger partial charge in [0.2, 0.25) is 0 Å². The standard InChI is InChI=1S/C12H23NO3/c1-3-4-5-6-7-10(8-14)12(16)11(13)9(2)15/h8-11,15H,3-7,13H2,1-2H3/t9-,10?,11+/m1/s1. The van der Waals surface area contributed by atoms with Gasteiger partial charge in [0.15, 0.2) is 5.78 Å². The second kappa shape index (κ2) is 8.42. The molecule has 0 amide bonds. The topological polar surface area (TPSA) is 80.4 Å². The third kappa shape index (κ3) is 5.37. The zero-order valence-corrected chi connectivity index (χ0v) is 10.2. The second-order valence-electron chi connectivity index (χ2n) is 4.26. The van der Waals surface area contributed by atoms with Gasteiger partial charge in [0.05, 0.1) is 18.1 Å². The molecule has 1 unspecified atom stereocenters. The van der Waals surface area contributed by atoms with E-state index in [1.165, 1.54) is 6.92 Å². The lowest BCUT2D eigenvalue weighted by molar-refractivity contribution is -0.130. The van der Waals surface area contributed by atoms with Gasteiger partial charge in [0.25, 0.3) is 0 Å². The number of aldehydes is 1. The number of carbonyl (C=O) groups is 2. The summed E-state index contributed by atoms with van der Waals surface area (Å²) in [6.45, 7) is 3.56. The van der Waals surface area contributed by atoms with E-state index in [2.05, 4.69) is 6.92 Å². The van der Waals surface area contributed by atoms with Crippen LogP contribution >= 0.6 is 0 Å². The van der Waals surface area contributed by atoms with Crippen molar-refractivity contribution in [1.82, 2.24) is 0 Å². The first-order chi connectivity index (χ1) is 7.54. The molecule has 0 bridgehead atoms. The van der Waals surface area contributed by atoms with Crippen LogP contribution in [0.4, 0.5) is 0 Å². The summed E-state index contributed by atoms with van der Waals surface area (Å²) in [5.41, 5.74) is 5.51. The van der Waals surface area contributed by atoms with Crippen LogP contribution < -0.4 is 5.73 Å². The molecule has 0 rings (SSSR count). The number of ketones is 1. The molecule has 16 heavy (non-hydrogen) atoms. The summed E-state index contributed by atoms with van der Waals surface area (Å²) in [6.07, 6.45) is 4.41. The molecule has 0 saturated carbocycles. The summed E-state index contributed by atoms with van der Waals surface area (Å²) >= 11 is 0. The van der Waals surface area contributed by atoms with E-state index in [1.54, 1.807) is 0 Å². The van der Waals surface area contributed by atoms with Gasteiger partial charge in [0.1, 0.15) is 6.29 Å². The molecule has 0 aromatic heterocycles. The predicted molar refractivity (Wildman–Crippen MR) is 63.0 cm³/mol. The van der Waals surface area contributed by atoms with Gasteiger partial charge in [0, 0.05) is 0 Å². The molecule has 0 radical (unpaired) electrons. The highest BCUT2D eigenvalue weighted by Crippen LogP contribution is 2.12. The SMILES string of the molecule is CCCCCCC(C=O)C(=O)[C@@H](N)[C@@H](C)O. The van der Waals surface area contributed by atoms with E-state index in [0.717, 1.165) is 25.7 Å². The molecule has 3 N–H and O–H groups in total. The number of nitrogens with two attached hydrogens (primary N) is 1. The van der Waals surface area contributed by atoms with E-state index in [9.17, 15) is 14.7 Å². The van der Waals surface area contributed by atoms with Crippen molar-refractivity contribution in [3.8, 4) is 0 Å². The molecule has 0 saturated heterocycles. The van der Waals surface area contributed by atoms with Crippen molar-refractivity contribution in [1.29, 1.82) is 0 Å². The lowest BCUT2D eigenvalue weighted by atomic mass is 9.92. The summed E-state index contributed by atoms with van der Waals surface area (Å²) in [7, 11) is 0. The molecular weight excluding hydrogens is 206 g/mol. The van der Waals surface area contributed by atoms with E-state index >= 15 is 0 Å². The van der Waals surface area contributed by atoms with E-state index < -0.39 is 18.1 Å². The minimum atomic E-state index is -0.943. The van der Waals surface area contributed by atoms with Crippen LogP contribution in [-0.2, 0) is 9.59 Å². The fourth-order valence-electron chi connectivity index (χ4n) is 1.55. The molecular formula is C12H23NO3. The van der Waals surface area contributed by atoms with E-state index in [-0.39, 0.29) is 5.78 Å². The van der Waals surface area contributed by atoms with Crippen LogP contribution in [-0.4, -0.2) is 29.3 Å². The van der Waals surface area contributed by atoms with Gasteiger partial charge in [-0.3, -0.25) is 4.79 Å². The number of hydrogen-bond donors (Lipinski definition) is 2. The molecule has 4 heteroatoms. The van der Waals surface area contributed by atoms with Crippen molar-refractivity contribution >= 4 is 12.1 Å². The molecule has 94 valence electrons. The fourth-order valence-corrected chi connectivity index (χ4v) is 1.55. The number of Topliss-reactive ketones (excluding diaryl/α,β-unsaturated/α-hetero) is 1. The Morgan fingerprint density at radius 1 is 1.38 bits per heavy atom. The molecule has 3 atom stereocenters. The summed E-state index contributed by atoms with van der Waals surface area (Å²) in [4.78, 5) is 22.4. The first-order valence-electron chi connectivity index (χ1n) is 5.97. The number of aliphatic hydroxyl groups is 1. The zero-order chi connectivity index (χ0) is 12.6. The van der Waals surface area contributed by atoms with Gasteiger partial charge in [-0.25, -0.2) is 0 Å². The highest BCUT2D eigenvalue weighted by molar-refractivity contribution is 5.96. The van der Waals surface area contributed by atoms with Crippen molar-refractivity contribution in [3.63, 3.8) is 0 Å². The van der Waals surface area contributed by atoms with Gasteiger partial charge in [-0.05, 0) is 13.3 Å². The van der Waals surface area contributed by atoms with Crippen molar-refractivity contribution in [2.75, 3.05) is 0 Å². The van der Waals surface area contributed by atoms with Gasteiger partial charge in [-0.2, -0.15) is 0 Å². The summed E-state index contributed by atoms with van der Waals surface area (Å²) in [5.74, 6) is -0.997. The number of unbranched alkanes of at least 4 members (excludes halogenated alkanes) is 3. The Balaban J connectivity index is 4.07. The number of rotatable bonds is 9. The van der Waals surface area contributed by atoms with Crippen molar-refractivity contribution in [2.24, 2.45) is 11.7 Å². The maximum absolute atomic E-state index is 11.7. The van der Waals surface area contributed by atoms with Crippen molar-refractivity contribution in [3.05, 3.63) is 0 Å². The van der Waals surface area contributed by atoms with Gasteiger partial charge >= 0.3 is 0 Å². The van der Waals surface area contributed by atoms with E-state index in [4.69, 9.17) is 5.73 Å². The Morgan fingerprint density at radius 2 is 2.00 bits per heavy atom. The zero-order valence-electron chi connectivity index (χ0n) is 10.2. The highest BCUT2D eigenvalue weighted by Gasteiger charge is 2.26. The smallest absolute Gasteiger partial charge is 0.162 e. The first kappa shape index (κ1) is 15.3. The molecule has 4 nitrogen and oxygen atoms in total. The van der Waals surface area contributed by atoms with Crippen LogP contribution in [0.5, 0.6) is 0 Å². The third-order valence-corrected chi connectivity index (χ3v) is 2.75. The molecule has 0 aliphatic rings. The van der Waals surface area contributed by atoms with Crippen LogP contribution in [0.2, 0.25) is 0 Å². The third-order valence-electron chi connectivity index (χ3n) is 2.75. The predicted octanol–water partition coefficient (Wildman–Crippen LogP) is 1.05. The monoisotopic (exact) mass is 229 g/mol. The Kier molecular flexibility index (Phi) is 8.03. The van der Waals surface area contributed by atoms with Crippen molar-refractivity contribution in [2.45, 2.75) is 58.1 Å². The summed E-state index contributed by atoms with van der Waals surface area (Å²) < 4.78 is 0. The molecule has 0 aromatic carbocycles. The first-order valence-corrected chi connectivity index (χ1v) is 5.97. The van der Waals surface area contributed by atoms with E-state index in [0.29, 0.717) is 12.7 Å². The average molecular weight is 229 g/mol. The van der Waals surface area contributed by atoms with Gasteiger partial charge in [-0.1, -0.05) is 32.6 Å². The summed E-state index contributed by atoms with van der Waals surface area (Å²) in [5, 5.41) is 9.18. The molecule has 0 fully saturated rings. The minimum Gasteiger partial charge on any atom is -0.391 e. The lowest BCUT2D eigenvalue weighted by Gasteiger charge is -2.17. The molecule has 0 aromatic rings. The highest BCUT2D eigenvalue weighted by atomic mass is 16.3. The quantitative estimate of drug-likeness (QED) is 0.352. The maximum Gasteiger partial charge on any atom is 0.162 e. The minimum absolute atomic E-state index is 0.346. The van der Waals surface area contributed by atoms with Gasteiger partial charge in [-0.15, -0.1) is 0 Å². The van der Waals surface area contributed by atoms with E-state index in [1.807, 2.05) is 0 Å². The Hall–Kier alpha value is -0.740. The second-order valence-corrected chi connectivity index (χ2v) is 4.26. The summed E-state index contributed by atoms with van der Waals surface area (Å²) in [6, 6.07) is -0.943. The van der Waals surface area contributed by atoms with Crippen LogP contribution in [0.3, 0.4) is 0 Å². The lowest BCUT2D eigenvalue weighted by Crippen LogP contribution is -2.44. The van der Waals surface area contributed by atoms with Crippen LogP contribution in [0, 0.1) is 5.92 Å². The number of aliphatic hydroxyl groups excluding tert-OH is 1. The normalized spacial score (nSPS) is 16.5. The van der Waals surface area contributed by atoms with Gasteiger partial charge < -0.3 is 15.6 Å². The fraction of sp³-hybridized carbons (Fsp3) is 0.833. The molecule has 0 aliphatic carbocycles. The largest absolute Gasteiger partial charge is 0.391 e. The number of carbonyl (C=O) groups excluding carboxylic acids is 2. The Labute approximate surface area is 97.2 Å². The Morgan fingerprint density at radius 3 is 2.44 bits per heavy atom. The van der Waals surface area contributed by atoms with Crippen molar-refractivity contribution < 1.29 is 14.7 Å².